The molecule has 1 N–H and O–H groups in total. The molecule has 3 heterocycles. The monoisotopic (exact) mass is 357 g/mol. The Hall–Kier alpha value is -1.79. The fourth-order valence-corrected chi connectivity index (χ4v) is 4.67. The lowest BCUT2D eigenvalue weighted by atomic mass is 9.90. The number of ether oxygens (including phenoxy) is 1. The van der Waals surface area contributed by atoms with Gasteiger partial charge in [0.1, 0.15) is 5.01 Å². The van der Waals surface area contributed by atoms with E-state index in [9.17, 15) is 4.79 Å². The smallest absolute Gasteiger partial charge is 0.223 e. The molecule has 0 aromatic carbocycles. The summed E-state index contributed by atoms with van der Waals surface area (Å²) in [5.74, 6) is 0.810. The molecule has 25 heavy (non-hydrogen) atoms. The summed E-state index contributed by atoms with van der Waals surface area (Å²) < 4.78 is 5.38. The van der Waals surface area contributed by atoms with Gasteiger partial charge in [0, 0.05) is 54.9 Å². The number of aryl methyl sites for hydroxylation is 1. The molecule has 0 radical (unpaired) electrons. The van der Waals surface area contributed by atoms with Gasteiger partial charge in [-0.15, -0.1) is 11.3 Å². The molecule has 132 valence electrons. The average Bonchev–Trinajstić information content (AvgIpc) is 3.11. The Morgan fingerprint density at radius 3 is 2.84 bits per heavy atom. The number of carbonyl (C=O) groups is 1. The summed E-state index contributed by atoms with van der Waals surface area (Å²) in [5.41, 5.74) is 2.21. The Morgan fingerprint density at radius 1 is 1.24 bits per heavy atom. The van der Waals surface area contributed by atoms with Gasteiger partial charge >= 0.3 is 0 Å². The molecule has 1 atom stereocenters. The van der Waals surface area contributed by atoms with Crippen molar-refractivity contribution in [2.45, 2.75) is 32.1 Å². The molecule has 0 spiro atoms. The van der Waals surface area contributed by atoms with E-state index in [0.29, 0.717) is 5.92 Å². The van der Waals surface area contributed by atoms with E-state index in [1.165, 1.54) is 4.88 Å². The summed E-state index contributed by atoms with van der Waals surface area (Å²) in [7, 11) is 0. The van der Waals surface area contributed by atoms with Crippen molar-refractivity contribution in [2.24, 2.45) is 11.8 Å². The van der Waals surface area contributed by atoms with Crippen LogP contribution >= 0.6 is 11.3 Å². The van der Waals surface area contributed by atoms with Crippen LogP contribution in [0.2, 0.25) is 0 Å². The van der Waals surface area contributed by atoms with Crippen molar-refractivity contribution >= 4 is 17.2 Å². The molecule has 2 aliphatic rings. The van der Waals surface area contributed by atoms with Gasteiger partial charge in [-0.2, -0.15) is 0 Å². The molecule has 1 fully saturated rings. The zero-order valence-electron chi connectivity index (χ0n) is 14.2. The molecule has 1 aliphatic heterocycles. The molecule has 6 heteroatoms. The first kappa shape index (κ1) is 16.7. The van der Waals surface area contributed by atoms with Crippen LogP contribution in [0.3, 0.4) is 0 Å². The molecule has 5 nitrogen and oxygen atoms in total. The average molecular weight is 357 g/mol. The second kappa shape index (κ2) is 7.62. The summed E-state index contributed by atoms with van der Waals surface area (Å²) in [6.45, 7) is 2.43. The number of pyridine rings is 1. The van der Waals surface area contributed by atoms with Gasteiger partial charge in [0.05, 0.1) is 5.69 Å². The van der Waals surface area contributed by atoms with Gasteiger partial charge in [-0.05, 0) is 43.7 Å². The third-order valence-corrected chi connectivity index (χ3v) is 6.35. The van der Waals surface area contributed by atoms with Crippen molar-refractivity contribution in [3.8, 4) is 10.6 Å². The number of hydrogen-bond acceptors (Lipinski definition) is 5. The predicted octanol–water partition coefficient (Wildman–Crippen LogP) is 2.85. The first-order chi connectivity index (χ1) is 12.3. The Kier molecular flexibility index (Phi) is 5.08. The van der Waals surface area contributed by atoms with E-state index < -0.39 is 0 Å². The SMILES string of the molecule is O=C(NCC1CCOCC1)C1CCc2sc(-c3ccncc3)nc2C1. The fourth-order valence-electron chi connectivity index (χ4n) is 3.56. The van der Waals surface area contributed by atoms with Crippen LogP contribution in [-0.4, -0.2) is 35.6 Å². The Morgan fingerprint density at radius 2 is 2.04 bits per heavy atom. The lowest BCUT2D eigenvalue weighted by Crippen LogP contribution is -2.38. The zero-order chi connectivity index (χ0) is 17.1. The number of nitrogens with one attached hydrogen (secondary N) is 1. The van der Waals surface area contributed by atoms with Crippen LogP contribution in [0.4, 0.5) is 0 Å². The van der Waals surface area contributed by atoms with Gasteiger partial charge in [0.25, 0.3) is 0 Å². The minimum absolute atomic E-state index is 0.0553. The molecule has 4 rings (SSSR count). The Balaban J connectivity index is 1.37. The number of carbonyl (C=O) groups excluding carboxylic acids is 1. The summed E-state index contributed by atoms with van der Waals surface area (Å²) in [6.07, 6.45) is 8.33. The normalized spacial score (nSPS) is 20.9. The number of fused-ring (bicyclic) bond motifs is 1. The molecular formula is C19H23N3O2S. The van der Waals surface area contributed by atoms with Crippen LogP contribution in [0.5, 0.6) is 0 Å². The third-order valence-electron chi connectivity index (χ3n) is 5.14. The first-order valence-corrected chi connectivity index (χ1v) is 9.85. The van der Waals surface area contributed by atoms with Crippen LogP contribution in [0.15, 0.2) is 24.5 Å². The Bertz CT molecular complexity index is 726. The number of aromatic nitrogens is 2. The van der Waals surface area contributed by atoms with Crippen molar-refractivity contribution in [3.63, 3.8) is 0 Å². The minimum atomic E-state index is 0.0553. The number of nitrogens with zero attached hydrogens (tertiary/aromatic N) is 2. The lowest BCUT2D eigenvalue weighted by Gasteiger charge is -2.25. The maximum Gasteiger partial charge on any atom is 0.223 e. The van der Waals surface area contributed by atoms with E-state index in [4.69, 9.17) is 9.72 Å². The zero-order valence-corrected chi connectivity index (χ0v) is 15.1. The largest absolute Gasteiger partial charge is 0.381 e. The summed E-state index contributed by atoms with van der Waals surface area (Å²) in [4.78, 5) is 22.7. The van der Waals surface area contributed by atoms with E-state index in [0.717, 1.165) is 68.1 Å². The van der Waals surface area contributed by atoms with E-state index in [2.05, 4.69) is 10.3 Å². The fraction of sp³-hybridized carbons (Fsp3) is 0.526. The summed E-state index contributed by atoms with van der Waals surface area (Å²) in [6, 6.07) is 3.98. The van der Waals surface area contributed by atoms with E-state index in [-0.39, 0.29) is 11.8 Å². The first-order valence-electron chi connectivity index (χ1n) is 9.04. The third kappa shape index (κ3) is 3.90. The van der Waals surface area contributed by atoms with Crippen molar-refractivity contribution in [2.75, 3.05) is 19.8 Å². The van der Waals surface area contributed by atoms with Gasteiger partial charge in [-0.3, -0.25) is 9.78 Å². The van der Waals surface area contributed by atoms with E-state index in [1.54, 1.807) is 23.7 Å². The number of thiazole rings is 1. The van der Waals surface area contributed by atoms with Gasteiger partial charge in [-0.25, -0.2) is 4.98 Å². The van der Waals surface area contributed by atoms with Crippen LogP contribution in [0, 0.1) is 11.8 Å². The number of rotatable bonds is 4. The molecule has 1 unspecified atom stereocenters. The highest BCUT2D eigenvalue weighted by atomic mass is 32.1. The maximum absolute atomic E-state index is 12.6. The lowest BCUT2D eigenvalue weighted by molar-refractivity contribution is -0.125. The van der Waals surface area contributed by atoms with Gasteiger partial charge < -0.3 is 10.1 Å². The number of amides is 1. The standard InChI is InChI=1S/C19H23N3O2S/c23-18(21-12-13-5-9-24-10-6-13)15-1-2-17-16(11-15)22-19(25-17)14-3-7-20-8-4-14/h3-4,7-8,13,15H,1-2,5-6,9-12H2,(H,21,23). The van der Waals surface area contributed by atoms with Crippen molar-refractivity contribution in [1.82, 2.24) is 15.3 Å². The van der Waals surface area contributed by atoms with Crippen molar-refractivity contribution in [3.05, 3.63) is 35.1 Å². The number of hydrogen-bond donors (Lipinski definition) is 1. The van der Waals surface area contributed by atoms with Crippen molar-refractivity contribution in [1.29, 1.82) is 0 Å². The quantitative estimate of drug-likeness (QED) is 0.914. The molecule has 1 aliphatic carbocycles. The van der Waals surface area contributed by atoms with Crippen LogP contribution in [0.25, 0.3) is 10.6 Å². The highest BCUT2D eigenvalue weighted by molar-refractivity contribution is 7.15. The molecule has 2 aromatic rings. The molecule has 0 saturated carbocycles. The highest BCUT2D eigenvalue weighted by Crippen LogP contribution is 2.34. The van der Waals surface area contributed by atoms with Gasteiger partial charge in [0.2, 0.25) is 5.91 Å². The summed E-state index contributed by atoms with van der Waals surface area (Å²) >= 11 is 1.75. The molecular weight excluding hydrogens is 334 g/mol. The topological polar surface area (TPSA) is 64.1 Å². The maximum atomic E-state index is 12.6. The second-order valence-corrected chi connectivity index (χ2v) is 7.95. The van der Waals surface area contributed by atoms with E-state index in [1.807, 2.05) is 12.1 Å². The van der Waals surface area contributed by atoms with Crippen molar-refractivity contribution < 1.29 is 9.53 Å². The highest BCUT2D eigenvalue weighted by Gasteiger charge is 2.28. The van der Waals surface area contributed by atoms with Crippen LogP contribution < -0.4 is 5.32 Å². The molecule has 2 aromatic heterocycles. The molecule has 0 bridgehead atoms. The molecule has 1 saturated heterocycles. The van der Waals surface area contributed by atoms with Crippen LogP contribution in [0.1, 0.15) is 29.8 Å². The van der Waals surface area contributed by atoms with E-state index >= 15 is 0 Å². The Labute approximate surface area is 151 Å². The summed E-state index contributed by atoms with van der Waals surface area (Å²) in [5, 5.41) is 4.20. The van der Waals surface area contributed by atoms with Gasteiger partial charge in [0.15, 0.2) is 0 Å². The van der Waals surface area contributed by atoms with Gasteiger partial charge in [-0.1, -0.05) is 0 Å². The predicted molar refractivity (Wildman–Crippen MR) is 97.4 cm³/mol. The molecule has 1 amide bonds. The second-order valence-electron chi connectivity index (χ2n) is 6.87. The minimum Gasteiger partial charge on any atom is -0.381 e. The van der Waals surface area contributed by atoms with Crippen LogP contribution in [-0.2, 0) is 22.4 Å².